The van der Waals surface area contributed by atoms with Crippen LogP contribution in [0.2, 0.25) is 0 Å². The molecule has 0 fully saturated rings. The zero-order chi connectivity index (χ0) is 12.0. The summed E-state index contributed by atoms with van der Waals surface area (Å²) < 4.78 is 3.87. The number of unbranched alkanes of at least 4 members (excludes halogenated alkanes) is 2. The summed E-state index contributed by atoms with van der Waals surface area (Å²) in [5, 5.41) is 12.3. The summed E-state index contributed by atoms with van der Waals surface area (Å²) >= 11 is 1.13. The molecule has 1 aromatic heterocycles. The van der Waals surface area contributed by atoms with E-state index in [4.69, 9.17) is 16.6 Å². The molecule has 1 rings (SSSR count). The maximum Gasteiger partial charge on any atom is 0.255 e. The SMILES string of the molecule is NC(=O)c1c(N)nsc1NCCCCCO. The molecule has 7 heteroatoms. The van der Waals surface area contributed by atoms with E-state index in [1.54, 1.807) is 0 Å². The number of rotatable bonds is 7. The number of aromatic nitrogens is 1. The highest BCUT2D eigenvalue weighted by molar-refractivity contribution is 7.11. The van der Waals surface area contributed by atoms with Crippen LogP contribution in [0.1, 0.15) is 29.6 Å². The normalized spacial score (nSPS) is 10.3. The molecule has 1 heterocycles. The number of hydrogen-bond acceptors (Lipinski definition) is 6. The van der Waals surface area contributed by atoms with E-state index in [9.17, 15) is 4.79 Å². The van der Waals surface area contributed by atoms with Crippen molar-refractivity contribution in [3.8, 4) is 0 Å². The van der Waals surface area contributed by atoms with Crippen molar-refractivity contribution >= 4 is 28.3 Å². The van der Waals surface area contributed by atoms with Crippen molar-refractivity contribution in [1.82, 2.24) is 4.37 Å². The summed E-state index contributed by atoms with van der Waals surface area (Å²) in [6.45, 7) is 0.919. The molecule has 6 N–H and O–H groups in total. The lowest BCUT2D eigenvalue weighted by Gasteiger charge is -2.04. The molecule has 0 bridgehead atoms. The molecule has 1 amide bonds. The van der Waals surface area contributed by atoms with E-state index in [-0.39, 0.29) is 18.0 Å². The predicted molar refractivity (Wildman–Crippen MR) is 64.5 cm³/mol. The fourth-order valence-electron chi connectivity index (χ4n) is 1.28. The van der Waals surface area contributed by atoms with Gasteiger partial charge in [0.1, 0.15) is 10.6 Å². The summed E-state index contributed by atoms with van der Waals surface area (Å²) in [5.41, 5.74) is 11.0. The van der Waals surface area contributed by atoms with E-state index in [0.717, 1.165) is 30.8 Å². The van der Waals surface area contributed by atoms with Gasteiger partial charge in [-0.15, -0.1) is 0 Å². The molecular weight excluding hydrogens is 228 g/mol. The van der Waals surface area contributed by atoms with Crippen LogP contribution < -0.4 is 16.8 Å². The number of carbonyl (C=O) groups is 1. The summed E-state index contributed by atoms with van der Waals surface area (Å²) in [5.74, 6) is -0.389. The lowest BCUT2D eigenvalue weighted by molar-refractivity contribution is 0.100. The number of anilines is 2. The molecule has 1 aromatic rings. The third-order valence-corrected chi connectivity index (χ3v) is 2.90. The minimum atomic E-state index is -0.566. The van der Waals surface area contributed by atoms with E-state index in [1.165, 1.54) is 0 Å². The van der Waals surface area contributed by atoms with E-state index in [1.807, 2.05) is 0 Å². The van der Waals surface area contributed by atoms with E-state index in [0.29, 0.717) is 11.5 Å². The molecule has 16 heavy (non-hydrogen) atoms. The molecule has 0 aliphatic heterocycles. The van der Waals surface area contributed by atoms with Crippen LogP contribution in [0, 0.1) is 0 Å². The second-order valence-corrected chi connectivity index (χ2v) is 4.12. The van der Waals surface area contributed by atoms with Crippen LogP contribution >= 0.6 is 11.5 Å². The summed E-state index contributed by atoms with van der Waals surface area (Å²) in [6, 6.07) is 0. The molecule has 0 spiro atoms. The average Bonchev–Trinajstić information content (AvgIpc) is 2.59. The van der Waals surface area contributed by atoms with Gasteiger partial charge in [0.15, 0.2) is 5.82 Å². The maximum atomic E-state index is 11.1. The van der Waals surface area contributed by atoms with E-state index >= 15 is 0 Å². The predicted octanol–water partition coefficient (Wildman–Crippen LogP) is 0.399. The molecule has 0 unspecified atom stereocenters. The summed E-state index contributed by atoms with van der Waals surface area (Å²) in [4.78, 5) is 11.1. The van der Waals surface area contributed by atoms with Crippen LogP contribution in [0.25, 0.3) is 0 Å². The minimum Gasteiger partial charge on any atom is -0.396 e. The molecule has 90 valence electrons. The Balaban J connectivity index is 2.45. The fraction of sp³-hybridized carbons (Fsp3) is 0.556. The topological polar surface area (TPSA) is 114 Å². The second kappa shape index (κ2) is 6.29. The molecule has 0 saturated carbocycles. The first-order valence-electron chi connectivity index (χ1n) is 5.06. The van der Waals surface area contributed by atoms with Gasteiger partial charge in [-0.25, -0.2) is 0 Å². The third kappa shape index (κ3) is 3.35. The first-order valence-corrected chi connectivity index (χ1v) is 5.83. The van der Waals surface area contributed by atoms with Gasteiger partial charge in [-0.05, 0) is 30.8 Å². The molecule has 0 radical (unpaired) electrons. The van der Waals surface area contributed by atoms with Crippen LogP contribution in [0.15, 0.2) is 0 Å². The number of amides is 1. The van der Waals surface area contributed by atoms with Gasteiger partial charge in [-0.1, -0.05) is 0 Å². The van der Waals surface area contributed by atoms with Crippen molar-refractivity contribution in [2.75, 3.05) is 24.2 Å². The smallest absolute Gasteiger partial charge is 0.255 e. The molecular formula is C9H16N4O2S. The molecule has 0 atom stereocenters. The van der Waals surface area contributed by atoms with Gasteiger partial charge in [-0.2, -0.15) is 4.37 Å². The Bertz CT molecular complexity index is 353. The standard InChI is InChI=1S/C9H16N4O2S/c10-7-6(8(11)15)9(16-13-7)12-4-2-1-3-5-14/h12,14H,1-5H2,(H2,10,13)(H2,11,15). The number of nitrogens with zero attached hydrogens (tertiary/aromatic N) is 1. The largest absolute Gasteiger partial charge is 0.396 e. The first-order chi connectivity index (χ1) is 7.66. The van der Waals surface area contributed by atoms with Crippen molar-refractivity contribution in [2.24, 2.45) is 5.73 Å². The van der Waals surface area contributed by atoms with Crippen molar-refractivity contribution in [3.63, 3.8) is 0 Å². The number of nitrogens with one attached hydrogen (secondary N) is 1. The fourth-order valence-corrected chi connectivity index (χ4v) is 2.02. The summed E-state index contributed by atoms with van der Waals surface area (Å²) in [6.07, 6.45) is 2.63. The average molecular weight is 244 g/mol. The number of nitrogen functional groups attached to an aromatic ring is 1. The van der Waals surface area contributed by atoms with Crippen molar-refractivity contribution < 1.29 is 9.90 Å². The third-order valence-electron chi connectivity index (χ3n) is 2.09. The second-order valence-electron chi connectivity index (χ2n) is 3.35. The Kier molecular flexibility index (Phi) is 5.00. The Hall–Kier alpha value is -1.34. The zero-order valence-corrected chi connectivity index (χ0v) is 9.72. The number of hydrogen-bond donors (Lipinski definition) is 4. The zero-order valence-electron chi connectivity index (χ0n) is 8.90. The molecule has 0 aliphatic rings. The van der Waals surface area contributed by atoms with Crippen molar-refractivity contribution in [1.29, 1.82) is 0 Å². The van der Waals surface area contributed by atoms with E-state index < -0.39 is 5.91 Å². The molecule has 0 aliphatic carbocycles. The molecule has 0 saturated heterocycles. The lowest BCUT2D eigenvalue weighted by Crippen LogP contribution is -2.15. The van der Waals surface area contributed by atoms with Gasteiger partial charge in [0.05, 0.1) is 0 Å². The molecule has 6 nitrogen and oxygen atoms in total. The van der Waals surface area contributed by atoms with Gasteiger partial charge < -0.3 is 21.9 Å². The Labute approximate surface area is 97.8 Å². The monoisotopic (exact) mass is 244 g/mol. The number of aliphatic hydroxyl groups excluding tert-OH is 1. The minimum absolute atomic E-state index is 0.176. The van der Waals surface area contributed by atoms with Crippen LogP contribution in [0.4, 0.5) is 10.8 Å². The van der Waals surface area contributed by atoms with Crippen LogP contribution in [0.3, 0.4) is 0 Å². The number of carbonyl (C=O) groups excluding carboxylic acids is 1. The Morgan fingerprint density at radius 2 is 2.19 bits per heavy atom. The number of primary amides is 1. The van der Waals surface area contributed by atoms with Gasteiger partial charge in [-0.3, -0.25) is 4.79 Å². The van der Waals surface area contributed by atoms with Crippen molar-refractivity contribution in [3.05, 3.63) is 5.56 Å². The van der Waals surface area contributed by atoms with Crippen LogP contribution in [0.5, 0.6) is 0 Å². The summed E-state index contributed by atoms with van der Waals surface area (Å²) in [7, 11) is 0. The maximum absolute atomic E-state index is 11.1. The quantitative estimate of drug-likeness (QED) is 0.518. The Morgan fingerprint density at radius 3 is 2.81 bits per heavy atom. The highest BCUT2D eigenvalue weighted by atomic mass is 32.1. The Morgan fingerprint density at radius 1 is 1.44 bits per heavy atom. The van der Waals surface area contributed by atoms with Gasteiger partial charge in [0.25, 0.3) is 5.91 Å². The van der Waals surface area contributed by atoms with Crippen molar-refractivity contribution in [2.45, 2.75) is 19.3 Å². The van der Waals surface area contributed by atoms with Gasteiger partial charge in [0.2, 0.25) is 0 Å². The van der Waals surface area contributed by atoms with Crippen LogP contribution in [-0.4, -0.2) is 28.5 Å². The number of aliphatic hydroxyl groups is 1. The van der Waals surface area contributed by atoms with Gasteiger partial charge >= 0.3 is 0 Å². The highest BCUT2D eigenvalue weighted by Crippen LogP contribution is 2.25. The highest BCUT2D eigenvalue weighted by Gasteiger charge is 2.15. The number of nitrogens with two attached hydrogens (primary N) is 2. The lowest BCUT2D eigenvalue weighted by atomic mass is 10.2. The molecule has 0 aromatic carbocycles. The van der Waals surface area contributed by atoms with Crippen LogP contribution in [-0.2, 0) is 0 Å². The van der Waals surface area contributed by atoms with E-state index in [2.05, 4.69) is 9.69 Å². The first kappa shape index (κ1) is 12.7. The van der Waals surface area contributed by atoms with Gasteiger partial charge in [0, 0.05) is 13.2 Å².